The minimum absolute atomic E-state index is 0.215. The first-order chi connectivity index (χ1) is 17.7. The normalized spacial score (nSPS) is 13.0. The van der Waals surface area contributed by atoms with Gasteiger partial charge < -0.3 is 20.3 Å². The second-order valence-electron chi connectivity index (χ2n) is 10.2. The Morgan fingerprint density at radius 1 is 1.14 bits per heavy atom. The fourth-order valence-corrected chi connectivity index (χ4v) is 3.92. The largest absolute Gasteiger partial charge is 0.444 e. The van der Waals surface area contributed by atoms with Crippen molar-refractivity contribution in [2.24, 2.45) is 0 Å². The molecule has 4 rings (SSSR count). The van der Waals surface area contributed by atoms with Crippen LogP contribution in [0.5, 0.6) is 0 Å². The van der Waals surface area contributed by atoms with E-state index in [4.69, 9.17) is 10.00 Å². The molecule has 1 aromatic heterocycles. The molecule has 0 radical (unpaired) electrons. The van der Waals surface area contributed by atoms with Gasteiger partial charge in [0.1, 0.15) is 24.2 Å². The molecule has 0 unspecified atom stereocenters. The number of benzene rings is 2. The van der Waals surface area contributed by atoms with Gasteiger partial charge in [-0.25, -0.2) is 14.8 Å². The highest BCUT2D eigenvalue weighted by Crippen LogP contribution is 2.31. The van der Waals surface area contributed by atoms with E-state index in [1.807, 2.05) is 42.5 Å². The molecule has 37 heavy (non-hydrogen) atoms. The van der Waals surface area contributed by atoms with E-state index in [9.17, 15) is 9.59 Å². The predicted octanol–water partition coefficient (Wildman–Crippen LogP) is 4.64. The number of carbonyl (C=O) groups excluding carboxylic acids is 2. The summed E-state index contributed by atoms with van der Waals surface area (Å²) in [6, 6.07) is 16.5. The van der Waals surface area contributed by atoms with Gasteiger partial charge in [-0.05, 0) is 68.5 Å². The molecule has 1 aliphatic carbocycles. The van der Waals surface area contributed by atoms with E-state index in [1.165, 1.54) is 0 Å². The average Bonchev–Trinajstić information content (AvgIpc) is 3.67. The van der Waals surface area contributed by atoms with Crippen molar-refractivity contribution < 1.29 is 14.3 Å². The number of fused-ring (bicyclic) bond motifs is 1. The molecule has 1 saturated carbocycles. The van der Waals surface area contributed by atoms with Crippen LogP contribution in [-0.2, 0) is 16.1 Å². The number of carbonyl (C=O) groups is 2. The highest BCUT2D eigenvalue weighted by molar-refractivity contribution is 5.92. The van der Waals surface area contributed by atoms with Crippen LogP contribution in [0.4, 0.5) is 10.6 Å². The Hall–Kier alpha value is -4.19. The van der Waals surface area contributed by atoms with E-state index < -0.39 is 11.7 Å². The highest BCUT2D eigenvalue weighted by atomic mass is 16.6. The van der Waals surface area contributed by atoms with Crippen LogP contribution in [0, 0.1) is 11.3 Å². The van der Waals surface area contributed by atoms with Gasteiger partial charge in [-0.1, -0.05) is 24.3 Å². The monoisotopic (exact) mass is 500 g/mol. The van der Waals surface area contributed by atoms with Crippen LogP contribution in [0.2, 0.25) is 0 Å². The maximum absolute atomic E-state index is 12.6. The van der Waals surface area contributed by atoms with Crippen molar-refractivity contribution in [3.05, 3.63) is 54.4 Å². The molecular weight excluding hydrogens is 468 g/mol. The molecule has 0 bridgehead atoms. The minimum atomic E-state index is -0.607. The molecule has 192 valence electrons. The van der Waals surface area contributed by atoms with Crippen LogP contribution < -0.4 is 10.6 Å². The molecule has 0 aliphatic heterocycles. The molecule has 3 aromatic rings. The van der Waals surface area contributed by atoms with Crippen LogP contribution in [0.3, 0.4) is 0 Å². The van der Waals surface area contributed by atoms with Gasteiger partial charge in [0.25, 0.3) is 0 Å². The number of ether oxygens (including phenoxy) is 1. The van der Waals surface area contributed by atoms with Gasteiger partial charge in [0.05, 0.1) is 11.6 Å². The Morgan fingerprint density at radius 3 is 2.65 bits per heavy atom. The quantitative estimate of drug-likeness (QED) is 0.439. The number of rotatable bonds is 9. The summed E-state index contributed by atoms with van der Waals surface area (Å²) < 4.78 is 5.25. The maximum Gasteiger partial charge on any atom is 0.407 e. The highest BCUT2D eigenvalue weighted by Gasteiger charge is 2.22. The van der Waals surface area contributed by atoms with Crippen LogP contribution >= 0.6 is 0 Å². The Morgan fingerprint density at radius 2 is 1.92 bits per heavy atom. The summed E-state index contributed by atoms with van der Waals surface area (Å²) in [5.74, 6) is 0.550. The van der Waals surface area contributed by atoms with Gasteiger partial charge in [0, 0.05) is 31.1 Å². The third kappa shape index (κ3) is 7.40. The number of hydrogen-bond acceptors (Lipinski definition) is 7. The number of hydrogen-bond donors (Lipinski definition) is 2. The number of amides is 2. The minimum Gasteiger partial charge on any atom is -0.444 e. The van der Waals surface area contributed by atoms with E-state index >= 15 is 0 Å². The number of alkyl carbamates (subject to hydrolysis) is 1. The molecule has 2 amide bonds. The number of nitriles is 1. The van der Waals surface area contributed by atoms with Gasteiger partial charge in [0.2, 0.25) is 5.91 Å². The SMILES string of the molecule is CC(C)(C)OC(=O)NCCN(Cc1cccc(-c2ccc3ncnc(NC4CC4)c3c2)c1)C(=O)CC#N. The molecule has 9 heteroatoms. The second kappa shape index (κ2) is 11.2. The van der Waals surface area contributed by atoms with Crippen LogP contribution in [0.25, 0.3) is 22.0 Å². The lowest BCUT2D eigenvalue weighted by Crippen LogP contribution is -2.40. The first kappa shape index (κ1) is 25.9. The van der Waals surface area contributed by atoms with Crippen molar-refractivity contribution in [3.8, 4) is 17.2 Å². The first-order valence-electron chi connectivity index (χ1n) is 12.4. The molecule has 0 spiro atoms. The summed E-state index contributed by atoms with van der Waals surface area (Å²) in [4.78, 5) is 35.0. The fraction of sp³-hybridized carbons (Fsp3) is 0.393. The fourth-order valence-electron chi connectivity index (χ4n) is 3.92. The van der Waals surface area contributed by atoms with Crippen LogP contribution in [-0.4, -0.2) is 51.6 Å². The molecule has 1 fully saturated rings. The summed E-state index contributed by atoms with van der Waals surface area (Å²) >= 11 is 0. The Balaban J connectivity index is 1.49. The number of nitrogens with one attached hydrogen (secondary N) is 2. The third-order valence-electron chi connectivity index (χ3n) is 5.82. The van der Waals surface area contributed by atoms with Crippen molar-refractivity contribution in [1.82, 2.24) is 20.2 Å². The predicted molar refractivity (Wildman–Crippen MR) is 142 cm³/mol. The smallest absolute Gasteiger partial charge is 0.407 e. The first-order valence-corrected chi connectivity index (χ1v) is 12.4. The zero-order chi connectivity index (χ0) is 26.4. The number of nitrogens with zero attached hydrogens (tertiary/aromatic N) is 4. The van der Waals surface area contributed by atoms with E-state index in [1.54, 1.807) is 32.0 Å². The molecule has 1 heterocycles. The number of anilines is 1. The zero-order valence-corrected chi connectivity index (χ0v) is 21.5. The maximum atomic E-state index is 12.6. The molecule has 2 aromatic carbocycles. The standard InChI is InChI=1S/C28H32N6O3/c1-28(2,3)37-27(36)30-13-14-34(25(35)11-12-29)17-19-5-4-6-20(15-19)21-7-10-24-23(16-21)26(32-18-31-24)33-22-8-9-22/h4-7,10,15-16,18,22H,8-9,11,13-14,17H2,1-3H3,(H,30,36)(H,31,32,33). The Labute approximate surface area is 216 Å². The van der Waals surface area contributed by atoms with Crippen molar-refractivity contribution in [3.63, 3.8) is 0 Å². The zero-order valence-electron chi connectivity index (χ0n) is 21.5. The van der Waals surface area contributed by atoms with Crippen molar-refractivity contribution in [1.29, 1.82) is 5.26 Å². The van der Waals surface area contributed by atoms with E-state index in [2.05, 4.69) is 26.7 Å². The third-order valence-corrected chi connectivity index (χ3v) is 5.82. The molecular formula is C28H32N6O3. The summed E-state index contributed by atoms with van der Waals surface area (Å²) in [5, 5.41) is 16.2. The lowest BCUT2D eigenvalue weighted by Gasteiger charge is -2.24. The molecule has 1 aliphatic rings. The van der Waals surface area contributed by atoms with Gasteiger partial charge in [0.15, 0.2) is 0 Å². The van der Waals surface area contributed by atoms with E-state index in [0.29, 0.717) is 12.6 Å². The Kier molecular flexibility index (Phi) is 7.87. The molecule has 9 nitrogen and oxygen atoms in total. The summed E-state index contributed by atoms with van der Waals surface area (Å²) in [6.45, 7) is 6.15. The number of aromatic nitrogens is 2. The molecule has 2 N–H and O–H groups in total. The van der Waals surface area contributed by atoms with E-state index in [-0.39, 0.29) is 25.4 Å². The summed E-state index contributed by atoms with van der Waals surface area (Å²) in [6.07, 6.45) is 3.12. The summed E-state index contributed by atoms with van der Waals surface area (Å²) in [5.41, 5.74) is 3.21. The van der Waals surface area contributed by atoms with Gasteiger partial charge >= 0.3 is 6.09 Å². The van der Waals surface area contributed by atoms with Crippen molar-refractivity contribution >= 4 is 28.7 Å². The van der Waals surface area contributed by atoms with Crippen LogP contribution in [0.15, 0.2) is 48.8 Å². The van der Waals surface area contributed by atoms with Crippen molar-refractivity contribution in [2.75, 3.05) is 18.4 Å². The van der Waals surface area contributed by atoms with Gasteiger partial charge in [-0.15, -0.1) is 0 Å². The summed E-state index contributed by atoms with van der Waals surface area (Å²) in [7, 11) is 0. The van der Waals surface area contributed by atoms with E-state index in [0.717, 1.165) is 46.3 Å². The van der Waals surface area contributed by atoms with Gasteiger partial charge in [-0.2, -0.15) is 5.26 Å². The lowest BCUT2D eigenvalue weighted by atomic mass is 10.0. The molecule has 0 saturated heterocycles. The molecule has 0 atom stereocenters. The Bertz CT molecular complexity index is 1320. The second-order valence-corrected chi connectivity index (χ2v) is 10.2. The van der Waals surface area contributed by atoms with Crippen LogP contribution in [0.1, 0.15) is 45.6 Å². The van der Waals surface area contributed by atoms with Crippen molar-refractivity contribution in [2.45, 2.75) is 58.2 Å². The average molecular weight is 501 g/mol. The lowest BCUT2D eigenvalue weighted by molar-refractivity contribution is -0.130. The topological polar surface area (TPSA) is 120 Å². The van der Waals surface area contributed by atoms with Gasteiger partial charge in [-0.3, -0.25) is 4.79 Å².